The minimum absolute atomic E-state index is 0. The van der Waals surface area contributed by atoms with Gasteiger partial charge in [-0.15, -0.1) is 11.8 Å². The zero-order valence-corrected chi connectivity index (χ0v) is 24.7. The van der Waals surface area contributed by atoms with E-state index in [0.717, 1.165) is 30.2 Å². The van der Waals surface area contributed by atoms with E-state index < -0.39 is 35.1 Å². The number of fused-ring (bicyclic) bond motifs is 1. The number of aliphatic hydroxyl groups excluding tert-OH is 1. The number of hydrogen-bond donors (Lipinski definition) is 1. The van der Waals surface area contributed by atoms with E-state index in [2.05, 4.69) is 0 Å². The zero-order valence-electron chi connectivity index (χ0n) is 19.8. The van der Waals surface area contributed by atoms with Crippen LogP contribution in [0.5, 0.6) is 0 Å². The Labute approximate surface area is 242 Å². The Morgan fingerprint density at radius 1 is 1.09 bits per heavy atom. The molecule has 0 radical (unpaired) electrons. The minimum atomic E-state index is -1.56. The first kappa shape index (κ1) is 32.7. The molecular formula is C23H28Na2O7S. The molecule has 0 aliphatic rings. The monoisotopic (exact) mass is 494 g/mol. The molecule has 0 amide bonds. The summed E-state index contributed by atoms with van der Waals surface area (Å²) >= 11 is 1.37. The second-order valence-corrected chi connectivity index (χ2v) is 8.69. The summed E-state index contributed by atoms with van der Waals surface area (Å²) in [5.41, 5.74) is 0.493. The first-order valence-electron chi connectivity index (χ1n) is 10.6. The van der Waals surface area contributed by atoms with Crippen molar-refractivity contribution in [1.29, 1.82) is 0 Å². The van der Waals surface area contributed by atoms with Gasteiger partial charge < -0.3 is 29.3 Å². The normalized spacial score (nSPS) is 12.5. The zero-order chi connectivity index (χ0) is 23.0. The molecule has 10 heteroatoms. The molecular weight excluding hydrogens is 466 g/mol. The summed E-state index contributed by atoms with van der Waals surface area (Å²) < 4.78 is 5.47. The maximum atomic E-state index is 12.3. The van der Waals surface area contributed by atoms with Crippen LogP contribution in [0.2, 0.25) is 0 Å². The minimum Gasteiger partial charge on any atom is -0.550 e. The smallest absolute Gasteiger partial charge is 0.550 e. The Kier molecular flexibility index (Phi) is 16.2. The molecule has 170 valence electrons. The van der Waals surface area contributed by atoms with Gasteiger partial charge >= 0.3 is 59.1 Å². The number of carboxylic acids is 2. The van der Waals surface area contributed by atoms with Crippen LogP contribution in [-0.4, -0.2) is 28.9 Å². The number of aliphatic carboxylic acids is 1. The van der Waals surface area contributed by atoms with Gasteiger partial charge in [-0.2, -0.15) is 0 Å². The fourth-order valence-electron chi connectivity index (χ4n) is 3.47. The van der Waals surface area contributed by atoms with Crippen LogP contribution in [0.1, 0.15) is 68.5 Å². The van der Waals surface area contributed by atoms with Crippen LogP contribution >= 0.6 is 11.8 Å². The number of benzene rings is 1. The van der Waals surface area contributed by atoms with Gasteiger partial charge in [-0.25, -0.2) is 0 Å². The topological polar surface area (TPSA) is 131 Å². The summed E-state index contributed by atoms with van der Waals surface area (Å²) in [4.78, 5) is 35.5. The number of aryl methyl sites for hydroxylation is 1. The van der Waals surface area contributed by atoms with Crippen LogP contribution in [0.25, 0.3) is 11.0 Å². The Bertz CT molecular complexity index is 977. The third-order valence-corrected chi connectivity index (χ3v) is 6.42. The van der Waals surface area contributed by atoms with Gasteiger partial charge in [-0.3, -0.25) is 4.79 Å². The van der Waals surface area contributed by atoms with Crippen molar-refractivity contribution in [3.05, 3.63) is 39.7 Å². The number of hydrogen-bond acceptors (Lipinski definition) is 8. The molecule has 1 N–H and O–H groups in total. The van der Waals surface area contributed by atoms with Crippen molar-refractivity contribution < 1.29 is 88.4 Å². The quantitative estimate of drug-likeness (QED) is 0.220. The summed E-state index contributed by atoms with van der Waals surface area (Å²) in [6.45, 7) is 3.95. The first-order valence-corrected chi connectivity index (χ1v) is 11.6. The molecule has 0 fully saturated rings. The van der Waals surface area contributed by atoms with Crippen LogP contribution in [0.15, 0.2) is 32.3 Å². The number of aromatic carboxylic acids is 1. The van der Waals surface area contributed by atoms with Crippen LogP contribution in [0, 0.1) is 5.92 Å². The standard InChI is InChI=1S/C23H30O7S.2Na/c1-3-5-7-14(22(26)27)8-9-15(24)13-31-20-11-10-16-18(25)12-19(23(28)29)30-21(16)17(20)6-4-2;;/h10-12,14-15,24H,3-9,13H2,1-2H3,(H,26,27)(H,28,29);;/q;2*+1/p-2/t14-,15-;;/m1../s1. The maximum Gasteiger partial charge on any atom is 1.00 e. The average Bonchev–Trinajstić information content (AvgIpc) is 2.72. The molecule has 0 aliphatic carbocycles. The molecule has 0 bridgehead atoms. The summed E-state index contributed by atoms with van der Waals surface area (Å²) in [5.74, 6) is -3.38. The van der Waals surface area contributed by atoms with Gasteiger partial charge in [0.2, 0.25) is 0 Å². The van der Waals surface area contributed by atoms with Gasteiger partial charge in [0.25, 0.3) is 0 Å². The molecule has 0 aliphatic heterocycles. The van der Waals surface area contributed by atoms with Crippen LogP contribution in [0.3, 0.4) is 0 Å². The van der Waals surface area contributed by atoms with Crippen molar-refractivity contribution in [2.45, 2.75) is 69.8 Å². The van der Waals surface area contributed by atoms with Crippen molar-refractivity contribution in [2.75, 3.05) is 5.75 Å². The molecule has 33 heavy (non-hydrogen) atoms. The van der Waals surface area contributed by atoms with E-state index in [0.29, 0.717) is 42.4 Å². The average molecular weight is 495 g/mol. The molecule has 0 saturated carbocycles. The number of aliphatic hydroxyl groups is 1. The van der Waals surface area contributed by atoms with E-state index in [9.17, 15) is 29.7 Å². The fourth-order valence-corrected chi connectivity index (χ4v) is 4.54. The third kappa shape index (κ3) is 9.68. The van der Waals surface area contributed by atoms with Crippen LogP contribution in [0.4, 0.5) is 0 Å². The first-order chi connectivity index (χ1) is 14.8. The van der Waals surface area contributed by atoms with Gasteiger partial charge in [0, 0.05) is 28.2 Å². The Morgan fingerprint density at radius 3 is 2.36 bits per heavy atom. The number of thioether (sulfide) groups is 1. The molecule has 2 atom stereocenters. The van der Waals surface area contributed by atoms with E-state index >= 15 is 0 Å². The third-order valence-electron chi connectivity index (χ3n) is 5.18. The van der Waals surface area contributed by atoms with Crippen LogP contribution < -0.4 is 74.8 Å². The molecule has 0 saturated heterocycles. The number of rotatable bonds is 13. The molecule has 1 aromatic carbocycles. The number of carbonyl (C=O) groups is 2. The Morgan fingerprint density at radius 2 is 1.79 bits per heavy atom. The second-order valence-electron chi connectivity index (χ2n) is 7.63. The summed E-state index contributed by atoms with van der Waals surface area (Å²) in [7, 11) is 0. The van der Waals surface area contributed by atoms with E-state index in [1.807, 2.05) is 13.8 Å². The van der Waals surface area contributed by atoms with Crippen molar-refractivity contribution in [3.8, 4) is 0 Å². The molecule has 7 nitrogen and oxygen atoms in total. The Hall–Kier alpha value is -0.320. The molecule has 0 unspecified atom stereocenters. The summed E-state index contributed by atoms with van der Waals surface area (Å²) in [6.07, 6.45) is 3.56. The van der Waals surface area contributed by atoms with Crippen molar-refractivity contribution in [2.24, 2.45) is 5.92 Å². The van der Waals surface area contributed by atoms with Crippen molar-refractivity contribution in [1.82, 2.24) is 0 Å². The predicted molar refractivity (Wildman–Crippen MR) is 115 cm³/mol. The molecule has 1 heterocycles. The van der Waals surface area contributed by atoms with E-state index in [-0.39, 0.29) is 64.7 Å². The van der Waals surface area contributed by atoms with E-state index in [1.165, 1.54) is 11.8 Å². The largest absolute Gasteiger partial charge is 1.00 e. The van der Waals surface area contributed by atoms with Crippen molar-refractivity contribution >= 4 is 34.7 Å². The van der Waals surface area contributed by atoms with Gasteiger partial charge in [0.15, 0.2) is 11.2 Å². The molecule has 2 aromatic rings. The van der Waals surface area contributed by atoms with Crippen LogP contribution in [-0.2, 0) is 11.2 Å². The maximum absolute atomic E-state index is 12.3. The summed E-state index contributed by atoms with van der Waals surface area (Å²) in [6, 6.07) is 4.27. The second kappa shape index (κ2) is 16.4. The predicted octanol–water partition coefficient (Wildman–Crippen LogP) is -4.09. The Balaban J connectivity index is 0.00000512. The van der Waals surface area contributed by atoms with Gasteiger partial charge in [0.05, 0.1) is 11.5 Å². The van der Waals surface area contributed by atoms with E-state index in [4.69, 9.17) is 4.42 Å². The molecule has 2 rings (SSSR count). The van der Waals surface area contributed by atoms with Gasteiger partial charge in [0.1, 0.15) is 11.6 Å². The van der Waals surface area contributed by atoms with E-state index in [1.54, 1.807) is 12.1 Å². The number of carbonyl (C=O) groups excluding carboxylic acids is 2. The van der Waals surface area contributed by atoms with Gasteiger partial charge in [-0.1, -0.05) is 33.1 Å². The van der Waals surface area contributed by atoms with Crippen molar-refractivity contribution in [3.63, 3.8) is 0 Å². The molecule has 0 spiro atoms. The summed E-state index contributed by atoms with van der Waals surface area (Å²) in [5, 5.41) is 33.1. The fraction of sp³-hybridized carbons (Fsp3) is 0.522. The SMILES string of the molecule is CCCC[C@H](CC[C@@H](O)CSc1ccc2c(=O)cc(C(=O)[O-])oc2c1CCC)C(=O)[O-].[Na+].[Na+]. The number of unbranched alkanes of at least 4 members (excludes halogenated alkanes) is 1. The van der Waals surface area contributed by atoms with Gasteiger partial charge in [-0.05, 0) is 43.7 Å². The molecule has 1 aromatic heterocycles. The number of carboxylic acid groups (broad SMARTS) is 2.